The summed E-state index contributed by atoms with van der Waals surface area (Å²) in [5.41, 5.74) is 5.85. The average molecular weight is 315 g/mol. The second kappa shape index (κ2) is 3.92. The van der Waals surface area contributed by atoms with Crippen LogP contribution in [0.25, 0.3) is 11.2 Å². The van der Waals surface area contributed by atoms with Gasteiger partial charge in [0.05, 0.1) is 5.52 Å². The summed E-state index contributed by atoms with van der Waals surface area (Å²) in [7, 11) is 0. The Morgan fingerprint density at radius 1 is 1.65 bits per heavy atom. The van der Waals surface area contributed by atoms with Crippen LogP contribution in [0.2, 0.25) is 0 Å². The molecular weight excluding hydrogens is 304 g/mol. The molecule has 7 heteroatoms. The first kappa shape index (κ1) is 12.3. The van der Waals surface area contributed by atoms with E-state index in [0.717, 1.165) is 9.99 Å². The number of primary amides is 1. The van der Waals surface area contributed by atoms with Gasteiger partial charge in [0.15, 0.2) is 10.4 Å². The van der Waals surface area contributed by atoms with Gasteiger partial charge in [-0.05, 0) is 48.1 Å². The smallest absolute Gasteiger partial charge is 0.243 e. The number of imidazole rings is 1. The number of nitrogens with one attached hydrogen (secondary N) is 1. The maximum atomic E-state index is 11.5. The van der Waals surface area contributed by atoms with E-state index in [2.05, 4.69) is 25.9 Å². The summed E-state index contributed by atoms with van der Waals surface area (Å²) < 4.78 is 2.89. The van der Waals surface area contributed by atoms with Gasteiger partial charge in [-0.2, -0.15) is 0 Å². The van der Waals surface area contributed by atoms with Crippen molar-refractivity contribution in [2.45, 2.75) is 19.4 Å². The average Bonchev–Trinajstić information content (AvgIpc) is 2.53. The number of amides is 1. The zero-order chi connectivity index (χ0) is 12.8. The van der Waals surface area contributed by atoms with Crippen molar-refractivity contribution in [1.82, 2.24) is 14.5 Å². The van der Waals surface area contributed by atoms with E-state index in [0.29, 0.717) is 10.4 Å². The third-order valence-electron chi connectivity index (χ3n) is 2.65. The molecule has 2 aromatic rings. The zero-order valence-corrected chi connectivity index (χ0v) is 11.7. The largest absolute Gasteiger partial charge is 0.368 e. The number of halogens is 1. The van der Waals surface area contributed by atoms with E-state index in [1.54, 1.807) is 24.6 Å². The van der Waals surface area contributed by atoms with Crippen molar-refractivity contribution in [2.24, 2.45) is 5.73 Å². The molecule has 0 aromatic carbocycles. The molecule has 90 valence electrons. The topological polar surface area (TPSA) is 76.7 Å². The van der Waals surface area contributed by atoms with Gasteiger partial charge in [0.25, 0.3) is 0 Å². The lowest BCUT2D eigenvalue weighted by atomic mass is 10.1. The fourth-order valence-electron chi connectivity index (χ4n) is 1.60. The van der Waals surface area contributed by atoms with E-state index >= 15 is 0 Å². The van der Waals surface area contributed by atoms with E-state index in [4.69, 9.17) is 18.0 Å². The SMILES string of the molecule is CC(C)(C(N)=O)n1c(=S)[nH]c2cc(Br)cnc21. The highest BCUT2D eigenvalue weighted by atomic mass is 79.9. The molecule has 2 rings (SSSR count). The van der Waals surface area contributed by atoms with Crippen molar-refractivity contribution in [3.63, 3.8) is 0 Å². The van der Waals surface area contributed by atoms with Crippen molar-refractivity contribution in [2.75, 3.05) is 0 Å². The van der Waals surface area contributed by atoms with E-state index in [9.17, 15) is 4.79 Å². The van der Waals surface area contributed by atoms with Crippen LogP contribution < -0.4 is 5.73 Å². The molecule has 2 heterocycles. The van der Waals surface area contributed by atoms with Gasteiger partial charge in [0.2, 0.25) is 5.91 Å². The number of carbonyl (C=O) groups is 1. The van der Waals surface area contributed by atoms with Crippen molar-refractivity contribution in [3.05, 3.63) is 21.5 Å². The molecule has 5 nitrogen and oxygen atoms in total. The minimum atomic E-state index is -0.920. The third-order valence-corrected chi connectivity index (χ3v) is 3.37. The first-order valence-corrected chi connectivity index (χ1v) is 6.11. The standard InChI is InChI=1S/C10H11BrN4OS/c1-10(2,8(12)16)15-7-6(14-9(15)17)3-5(11)4-13-7/h3-4H,1-2H3,(H2,12,16)(H,14,17). The summed E-state index contributed by atoms with van der Waals surface area (Å²) >= 11 is 8.54. The third kappa shape index (κ3) is 1.89. The predicted molar refractivity (Wildman–Crippen MR) is 71.1 cm³/mol. The Kier molecular flexibility index (Phi) is 2.82. The number of nitrogens with zero attached hydrogens (tertiary/aromatic N) is 2. The number of nitrogens with two attached hydrogens (primary N) is 1. The van der Waals surface area contributed by atoms with Crippen LogP contribution in [0, 0.1) is 4.77 Å². The van der Waals surface area contributed by atoms with Gasteiger partial charge in [-0.25, -0.2) is 4.98 Å². The minimum absolute atomic E-state index is 0.425. The summed E-state index contributed by atoms with van der Waals surface area (Å²) in [6, 6.07) is 1.85. The fourth-order valence-corrected chi connectivity index (χ4v) is 2.35. The normalized spacial score (nSPS) is 11.9. The monoisotopic (exact) mass is 314 g/mol. The van der Waals surface area contributed by atoms with Gasteiger partial charge in [-0.1, -0.05) is 0 Å². The van der Waals surface area contributed by atoms with Crippen LogP contribution in [0.5, 0.6) is 0 Å². The summed E-state index contributed by atoms with van der Waals surface area (Å²) in [6.45, 7) is 3.42. The van der Waals surface area contributed by atoms with Gasteiger partial charge >= 0.3 is 0 Å². The number of fused-ring (bicyclic) bond motifs is 1. The van der Waals surface area contributed by atoms with Crippen molar-refractivity contribution >= 4 is 45.2 Å². The molecule has 0 fully saturated rings. The first-order chi connectivity index (χ1) is 7.84. The quantitative estimate of drug-likeness (QED) is 0.833. The molecule has 0 unspecified atom stereocenters. The number of aromatic nitrogens is 3. The van der Waals surface area contributed by atoms with Crippen molar-refractivity contribution in [3.8, 4) is 0 Å². The molecule has 0 spiro atoms. The molecule has 17 heavy (non-hydrogen) atoms. The van der Waals surface area contributed by atoms with Crippen LogP contribution in [0.1, 0.15) is 13.8 Å². The fraction of sp³-hybridized carbons (Fsp3) is 0.300. The van der Waals surface area contributed by atoms with Crippen LogP contribution >= 0.6 is 28.1 Å². The number of hydrogen-bond acceptors (Lipinski definition) is 3. The number of rotatable bonds is 2. The molecule has 2 aromatic heterocycles. The van der Waals surface area contributed by atoms with E-state index < -0.39 is 11.4 Å². The van der Waals surface area contributed by atoms with Crippen molar-refractivity contribution in [1.29, 1.82) is 0 Å². The van der Waals surface area contributed by atoms with Gasteiger partial charge < -0.3 is 10.7 Å². The van der Waals surface area contributed by atoms with E-state index in [1.165, 1.54) is 0 Å². The molecule has 0 saturated heterocycles. The Hall–Kier alpha value is -1.21. The van der Waals surface area contributed by atoms with Crippen LogP contribution in [0.15, 0.2) is 16.7 Å². The number of hydrogen-bond donors (Lipinski definition) is 2. The Labute approximate surface area is 111 Å². The molecule has 0 saturated carbocycles. The van der Waals surface area contributed by atoms with Gasteiger partial charge in [0, 0.05) is 10.7 Å². The second-order valence-electron chi connectivity index (χ2n) is 4.21. The number of aromatic amines is 1. The minimum Gasteiger partial charge on any atom is -0.368 e. The first-order valence-electron chi connectivity index (χ1n) is 4.90. The van der Waals surface area contributed by atoms with E-state index in [-0.39, 0.29) is 0 Å². The molecule has 0 aliphatic rings. The maximum absolute atomic E-state index is 11.5. The second-order valence-corrected chi connectivity index (χ2v) is 5.52. The molecule has 0 bridgehead atoms. The molecular formula is C10H11BrN4OS. The molecule has 3 N–H and O–H groups in total. The number of H-pyrrole nitrogens is 1. The Morgan fingerprint density at radius 3 is 2.88 bits per heavy atom. The van der Waals surface area contributed by atoms with Gasteiger partial charge in [-0.3, -0.25) is 9.36 Å². The lowest BCUT2D eigenvalue weighted by Gasteiger charge is -2.22. The summed E-state index contributed by atoms with van der Waals surface area (Å²) in [6.07, 6.45) is 1.65. The Bertz CT molecular complexity index is 658. The van der Waals surface area contributed by atoms with Crippen molar-refractivity contribution < 1.29 is 4.79 Å². The van der Waals surface area contributed by atoms with Crippen LogP contribution in [0.3, 0.4) is 0 Å². The predicted octanol–water partition coefficient (Wildman–Crippen LogP) is 2.08. The van der Waals surface area contributed by atoms with E-state index in [1.807, 2.05) is 6.07 Å². The number of carbonyl (C=O) groups excluding carboxylic acids is 1. The zero-order valence-electron chi connectivity index (χ0n) is 9.32. The lowest BCUT2D eigenvalue weighted by Crippen LogP contribution is -2.41. The molecule has 0 aliphatic heterocycles. The number of pyridine rings is 1. The Balaban J connectivity index is 2.83. The highest BCUT2D eigenvalue weighted by Crippen LogP contribution is 2.23. The van der Waals surface area contributed by atoms with Gasteiger partial charge in [0.1, 0.15) is 5.54 Å². The summed E-state index contributed by atoms with van der Waals surface area (Å²) in [4.78, 5) is 18.8. The molecule has 0 aliphatic carbocycles. The summed E-state index contributed by atoms with van der Waals surface area (Å²) in [5, 5.41) is 0. The molecule has 0 atom stereocenters. The lowest BCUT2D eigenvalue weighted by molar-refractivity contribution is -0.124. The maximum Gasteiger partial charge on any atom is 0.243 e. The van der Waals surface area contributed by atoms with Crippen LogP contribution in [-0.4, -0.2) is 20.4 Å². The molecule has 1 amide bonds. The highest BCUT2D eigenvalue weighted by Gasteiger charge is 2.30. The highest BCUT2D eigenvalue weighted by molar-refractivity contribution is 9.10. The van der Waals surface area contributed by atoms with Gasteiger partial charge in [-0.15, -0.1) is 0 Å². The van der Waals surface area contributed by atoms with Crippen LogP contribution in [0.4, 0.5) is 0 Å². The molecule has 0 radical (unpaired) electrons. The Morgan fingerprint density at radius 2 is 2.29 bits per heavy atom. The van der Waals surface area contributed by atoms with Crippen LogP contribution in [-0.2, 0) is 10.3 Å². The summed E-state index contributed by atoms with van der Waals surface area (Å²) in [5.74, 6) is -0.459.